The minimum atomic E-state index is -3.45. The van der Waals surface area contributed by atoms with Crippen molar-refractivity contribution in [2.45, 2.75) is 37.4 Å². The first kappa shape index (κ1) is 14.5. The molecule has 1 aromatic heterocycles. The standard InChI is InChI=1S/C12H21N3O3S/c1-9-8-18-10(2)7-15(9)19(16,17)12-4-11(5-13-3)14-6-12/h4,6,9-10,13-14H,5,7-8H2,1-3H3. The number of sulfonamides is 1. The second-order valence-corrected chi connectivity index (χ2v) is 6.85. The second-order valence-electron chi connectivity index (χ2n) is 4.96. The monoisotopic (exact) mass is 287 g/mol. The van der Waals surface area contributed by atoms with Gasteiger partial charge in [0.1, 0.15) is 0 Å². The Bertz CT molecular complexity index is 526. The summed E-state index contributed by atoms with van der Waals surface area (Å²) in [7, 11) is -1.63. The molecule has 2 rings (SSSR count). The number of morpholine rings is 1. The van der Waals surface area contributed by atoms with Crippen molar-refractivity contribution in [3.8, 4) is 0 Å². The molecule has 2 heterocycles. The highest BCUT2D eigenvalue weighted by Gasteiger charge is 2.34. The molecule has 1 aliphatic heterocycles. The quantitative estimate of drug-likeness (QED) is 0.847. The smallest absolute Gasteiger partial charge is 0.244 e. The van der Waals surface area contributed by atoms with Gasteiger partial charge in [-0.3, -0.25) is 0 Å². The molecule has 7 heteroatoms. The highest BCUT2D eigenvalue weighted by Crippen LogP contribution is 2.22. The van der Waals surface area contributed by atoms with Crippen molar-refractivity contribution in [3.63, 3.8) is 0 Å². The van der Waals surface area contributed by atoms with E-state index in [4.69, 9.17) is 4.74 Å². The molecule has 1 saturated heterocycles. The normalized spacial score (nSPS) is 25.6. The summed E-state index contributed by atoms with van der Waals surface area (Å²) in [4.78, 5) is 3.30. The van der Waals surface area contributed by atoms with E-state index >= 15 is 0 Å². The maximum absolute atomic E-state index is 12.6. The van der Waals surface area contributed by atoms with Gasteiger partial charge in [0.15, 0.2) is 0 Å². The van der Waals surface area contributed by atoms with Gasteiger partial charge in [-0.25, -0.2) is 8.42 Å². The van der Waals surface area contributed by atoms with Gasteiger partial charge in [0.25, 0.3) is 0 Å². The molecular weight excluding hydrogens is 266 g/mol. The number of aromatic nitrogens is 1. The van der Waals surface area contributed by atoms with Crippen LogP contribution < -0.4 is 5.32 Å². The first-order chi connectivity index (χ1) is 8.95. The molecule has 0 aliphatic carbocycles. The Kier molecular flexibility index (Phi) is 4.29. The van der Waals surface area contributed by atoms with Crippen molar-refractivity contribution in [3.05, 3.63) is 18.0 Å². The first-order valence-electron chi connectivity index (χ1n) is 6.40. The van der Waals surface area contributed by atoms with Crippen LogP contribution in [-0.2, 0) is 21.3 Å². The van der Waals surface area contributed by atoms with Crippen molar-refractivity contribution >= 4 is 10.0 Å². The maximum Gasteiger partial charge on any atom is 0.244 e. The fourth-order valence-electron chi connectivity index (χ4n) is 2.20. The number of ether oxygens (including phenoxy) is 1. The second kappa shape index (κ2) is 5.62. The van der Waals surface area contributed by atoms with Gasteiger partial charge in [0.2, 0.25) is 10.0 Å². The van der Waals surface area contributed by atoms with E-state index in [1.165, 1.54) is 4.31 Å². The molecule has 0 aromatic carbocycles. The summed E-state index contributed by atoms with van der Waals surface area (Å²) >= 11 is 0. The summed E-state index contributed by atoms with van der Waals surface area (Å²) in [6.45, 7) is 5.21. The Labute approximate surface area is 114 Å². The predicted molar refractivity (Wildman–Crippen MR) is 72.3 cm³/mol. The molecule has 1 aliphatic rings. The molecule has 19 heavy (non-hydrogen) atoms. The number of aromatic amines is 1. The van der Waals surface area contributed by atoms with Crippen molar-refractivity contribution in [1.82, 2.24) is 14.6 Å². The highest BCUT2D eigenvalue weighted by molar-refractivity contribution is 7.89. The van der Waals surface area contributed by atoms with Crippen LogP contribution in [0.3, 0.4) is 0 Å². The van der Waals surface area contributed by atoms with Crippen LogP contribution in [0.5, 0.6) is 0 Å². The van der Waals surface area contributed by atoms with E-state index in [1.54, 1.807) is 12.3 Å². The van der Waals surface area contributed by atoms with E-state index in [0.717, 1.165) is 5.69 Å². The van der Waals surface area contributed by atoms with Crippen molar-refractivity contribution in [2.24, 2.45) is 0 Å². The maximum atomic E-state index is 12.6. The SMILES string of the molecule is CNCc1cc(S(=O)(=O)N2CC(C)OCC2C)c[nH]1. The van der Waals surface area contributed by atoms with Crippen LogP contribution in [-0.4, -0.2) is 50.1 Å². The van der Waals surface area contributed by atoms with E-state index in [-0.39, 0.29) is 12.1 Å². The number of nitrogens with one attached hydrogen (secondary N) is 2. The van der Waals surface area contributed by atoms with Crippen molar-refractivity contribution in [1.29, 1.82) is 0 Å². The number of rotatable bonds is 4. The molecule has 0 saturated carbocycles. The molecule has 0 amide bonds. The lowest BCUT2D eigenvalue weighted by atomic mass is 10.2. The summed E-state index contributed by atoms with van der Waals surface area (Å²) in [6, 6.07) is 1.54. The minimum Gasteiger partial charge on any atom is -0.375 e. The Morgan fingerprint density at radius 1 is 1.53 bits per heavy atom. The molecular formula is C12H21N3O3S. The Hall–Kier alpha value is -0.890. The van der Waals surface area contributed by atoms with Gasteiger partial charge in [-0.1, -0.05) is 0 Å². The Morgan fingerprint density at radius 2 is 2.26 bits per heavy atom. The molecule has 2 unspecified atom stereocenters. The molecule has 0 spiro atoms. The van der Waals surface area contributed by atoms with Crippen LogP contribution in [0.15, 0.2) is 17.2 Å². The zero-order valence-corrected chi connectivity index (χ0v) is 12.3. The average Bonchev–Trinajstić information content (AvgIpc) is 2.82. The lowest BCUT2D eigenvalue weighted by Crippen LogP contribution is -2.49. The number of hydrogen-bond donors (Lipinski definition) is 2. The molecule has 1 fully saturated rings. The lowest BCUT2D eigenvalue weighted by Gasteiger charge is -2.35. The Balaban J connectivity index is 2.24. The molecule has 2 N–H and O–H groups in total. The topological polar surface area (TPSA) is 74.4 Å². The van der Waals surface area contributed by atoms with Crippen LogP contribution in [0, 0.1) is 0 Å². The van der Waals surface area contributed by atoms with E-state index < -0.39 is 10.0 Å². The van der Waals surface area contributed by atoms with E-state index in [9.17, 15) is 8.42 Å². The van der Waals surface area contributed by atoms with Crippen LogP contribution in [0.2, 0.25) is 0 Å². The molecule has 0 bridgehead atoms. The van der Waals surface area contributed by atoms with E-state index in [2.05, 4.69) is 10.3 Å². The van der Waals surface area contributed by atoms with Gasteiger partial charge < -0.3 is 15.0 Å². The molecule has 6 nitrogen and oxygen atoms in total. The zero-order valence-electron chi connectivity index (χ0n) is 11.5. The summed E-state index contributed by atoms with van der Waals surface area (Å²) < 4.78 is 32.2. The predicted octanol–water partition coefficient (Wildman–Crippen LogP) is 0.532. The summed E-state index contributed by atoms with van der Waals surface area (Å²) in [5, 5.41) is 2.98. The van der Waals surface area contributed by atoms with Crippen molar-refractivity contribution < 1.29 is 13.2 Å². The first-order valence-corrected chi connectivity index (χ1v) is 7.84. The molecule has 0 radical (unpaired) electrons. The highest BCUT2D eigenvalue weighted by atomic mass is 32.2. The van der Waals surface area contributed by atoms with Crippen LogP contribution in [0.4, 0.5) is 0 Å². The largest absolute Gasteiger partial charge is 0.375 e. The molecule has 108 valence electrons. The minimum absolute atomic E-state index is 0.0679. The lowest BCUT2D eigenvalue weighted by molar-refractivity contribution is -0.0170. The van der Waals surface area contributed by atoms with Gasteiger partial charge in [0, 0.05) is 31.0 Å². The number of hydrogen-bond acceptors (Lipinski definition) is 4. The van der Waals surface area contributed by atoms with Gasteiger partial charge in [-0.2, -0.15) is 4.31 Å². The Morgan fingerprint density at radius 3 is 2.95 bits per heavy atom. The summed E-state index contributed by atoms with van der Waals surface area (Å²) in [5.41, 5.74) is 0.857. The molecule has 1 aromatic rings. The fourth-order valence-corrected chi connectivity index (χ4v) is 3.91. The third-order valence-corrected chi connectivity index (χ3v) is 5.20. The van der Waals surface area contributed by atoms with Gasteiger partial charge in [-0.15, -0.1) is 0 Å². The van der Waals surface area contributed by atoms with E-state index in [1.807, 2.05) is 20.9 Å². The van der Waals surface area contributed by atoms with E-state index in [0.29, 0.717) is 24.6 Å². The van der Waals surface area contributed by atoms with Gasteiger partial charge >= 0.3 is 0 Å². The summed E-state index contributed by atoms with van der Waals surface area (Å²) in [5.74, 6) is 0. The third kappa shape index (κ3) is 3.00. The molecule has 2 atom stereocenters. The summed E-state index contributed by atoms with van der Waals surface area (Å²) in [6.07, 6.45) is 1.48. The van der Waals surface area contributed by atoms with Gasteiger partial charge in [-0.05, 0) is 27.0 Å². The number of nitrogens with zero attached hydrogens (tertiary/aromatic N) is 1. The van der Waals surface area contributed by atoms with Gasteiger partial charge in [0.05, 0.1) is 17.6 Å². The third-order valence-electron chi connectivity index (χ3n) is 3.24. The van der Waals surface area contributed by atoms with Crippen LogP contribution in [0.25, 0.3) is 0 Å². The van der Waals surface area contributed by atoms with Crippen LogP contribution in [0.1, 0.15) is 19.5 Å². The van der Waals surface area contributed by atoms with Crippen LogP contribution >= 0.6 is 0 Å². The zero-order chi connectivity index (χ0) is 14.0. The fraction of sp³-hybridized carbons (Fsp3) is 0.667. The van der Waals surface area contributed by atoms with Crippen molar-refractivity contribution in [2.75, 3.05) is 20.2 Å². The average molecular weight is 287 g/mol. The number of H-pyrrole nitrogens is 1.